The molecule has 3 rings (SSSR count). The summed E-state index contributed by atoms with van der Waals surface area (Å²) in [7, 11) is 1.70. The van der Waals surface area contributed by atoms with Gasteiger partial charge in [0.05, 0.1) is 18.8 Å². The third-order valence-electron chi connectivity index (χ3n) is 4.48. The lowest BCUT2D eigenvalue weighted by Crippen LogP contribution is -2.33. The van der Waals surface area contributed by atoms with Crippen molar-refractivity contribution in [3.63, 3.8) is 0 Å². The number of ether oxygens (including phenoxy) is 1. The Morgan fingerprint density at radius 2 is 1.96 bits per heavy atom. The fraction of sp³-hybridized carbons (Fsp3) is 0.421. The molecule has 0 amide bonds. The SMILES string of the molecule is COc1ccc(C(c2ncccc2C)N2CCCNCC2)cc1. The molecule has 1 atom stereocenters. The molecule has 1 saturated heterocycles. The maximum absolute atomic E-state index is 5.30. The molecule has 1 unspecified atom stereocenters. The van der Waals surface area contributed by atoms with Crippen LogP contribution in [0.4, 0.5) is 0 Å². The van der Waals surface area contributed by atoms with Gasteiger partial charge >= 0.3 is 0 Å². The molecular weight excluding hydrogens is 286 g/mol. The van der Waals surface area contributed by atoms with Crippen molar-refractivity contribution < 1.29 is 4.74 Å². The van der Waals surface area contributed by atoms with E-state index in [1.54, 1.807) is 7.11 Å². The molecule has 0 spiro atoms. The van der Waals surface area contributed by atoms with E-state index in [4.69, 9.17) is 9.72 Å². The molecule has 4 heteroatoms. The maximum atomic E-state index is 5.30. The average Bonchev–Trinajstić information content (AvgIpc) is 2.87. The molecule has 2 aromatic rings. The molecule has 4 nitrogen and oxygen atoms in total. The largest absolute Gasteiger partial charge is 0.497 e. The summed E-state index contributed by atoms with van der Waals surface area (Å²) >= 11 is 0. The van der Waals surface area contributed by atoms with Crippen LogP contribution in [0.3, 0.4) is 0 Å². The number of aromatic nitrogens is 1. The summed E-state index contributed by atoms with van der Waals surface area (Å²) in [6, 6.07) is 12.8. The second-order valence-corrected chi connectivity index (χ2v) is 6.02. The summed E-state index contributed by atoms with van der Waals surface area (Å²) in [5.74, 6) is 0.891. The van der Waals surface area contributed by atoms with Crippen molar-refractivity contribution in [1.82, 2.24) is 15.2 Å². The molecular formula is C19H25N3O. The minimum atomic E-state index is 0.196. The van der Waals surface area contributed by atoms with Gasteiger partial charge in [0.2, 0.25) is 0 Å². The summed E-state index contributed by atoms with van der Waals surface area (Å²) in [5.41, 5.74) is 3.67. The average molecular weight is 311 g/mol. The Hall–Kier alpha value is -1.91. The van der Waals surface area contributed by atoms with Gasteiger partial charge in [-0.2, -0.15) is 0 Å². The summed E-state index contributed by atoms with van der Waals surface area (Å²) < 4.78 is 5.30. The van der Waals surface area contributed by atoms with E-state index in [-0.39, 0.29) is 6.04 Å². The normalized spacial score (nSPS) is 17.5. The minimum absolute atomic E-state index is 0.196. The van der Waals surface area contributed by atoms with Crippen molar-refractivity contribution >= 4 is 0 Å². The van der Waals surface area contributed by atoms with Crippen LogP contribution < -0.4 is 10.1 Å². The Labute approximate surface area is 138 Å². The van der Waals surface area contributed by atoms with E-state index in [0.29, 0.717) is 0 Å². The highest BCUT2D eigenvalue weighted by molar-refractivity contribution is 5.36. The molecule has 0 saturated carbocycles. The van der Waals surface area contributed by atoms with Crippen molar-refractivity contribution in [3.05, 3.63) is 59.4 Å². The minimum Gasteiger partial charge on any atom is -0.497 e. The lowest BCUT2D eigenvalue weighted by Gasteiger charge is -2.31. The lowest BCUT2D eigenvalue weighted by atomic mass is 9.98. The highest BCUT2D eigenvalue weighted by atomic mass is 16.5. The molecule has 0 aliphatic carbocycles. The second-order valence-electron chi connectivity index (χ2n) is 6.02. The Balaban J connectivity index is 1.99. The smallest absolute Gasteiger partial charge is 0.118 e. The highest BCUT2D eigenvalue weighted by Crippen LogP contribution is 2.30. The van der Waals surface area contributed by atoms with Crippen molar-refractivity contribution in [1.29, 1.82) is 0 Å². The number of nitrogens with one attached hydrogen (secondary N) is 1. The first-order valence-corrected chi connectivity index (χ1v) is 8.30. The number of benzene rings is 1. The molecule has 1 aliphatic heterocycles. The molecule has 1 aromatic carbocycles. The second kappa shape index (κ2) is 7.57. The molecule has 2 heterocycles. The van der Waals surface area contributed by atoms with E-state index in [2.05, 4.69) is 35.3 Å². The van der Waals surface area contributed by atoms with Crippen LogP contribution in [0.2, 0.25) is 0 Å². The molecule has 1 aliphatic rings. The van der Waals surface area contributed by atoms with Crippen molar-refractivity contribution in [2.75, 3.05) is 33.3 Å². The van der Waals surface area contributed by atoms with Gasteiger partial charge in [0.15, 0.2) is 0 Å². The zero-order chi connectivity index (χ0) is 16.1. The topological polar surface area (TPSA) is 37.4 Å². The first kappa shape index (κ1) is 16.0. The summed E-state index contributed by atoms with van der Waals surface area (Å²) in [4.78, 5) is 7.25. The number of hydrogen-bond donors (Lipinski definition) is 1. The molecule has 1 fully saturated rings. The number of methoxy groups -OCH3 is 1. The summed E-state index contributed by atoms with van der Waals surface area (Å²) in [6.45, 7) is 6.38. The highest BCUT2D eigenvalue weighted by Gasteiger charge is 2.25. The van der Waals surface area contributed by atoms with E-state index in [0.717, 1.165) is 37.6 Å². The van der Waals surface area contributed by atoms with Gasteiger partial charge in [-0.3, -0.25) is 9.88 Å². The van der Waals surface area contributed by atoms with Crippen molar-refractivity contribution in [2.45, 2.75) is 19.4 Å². The zero-order valence-corrected chi connectivity index (χ0v) is 14.0. The third-order valence-corrected chi connectivity index (χ3v) is 4.48. The van der Waals surface area contributed by atoms with E-state index < -0.39 is 0 Å². The Morgan fingerprint density at radius 1 is 1.13 bits per heavy atom. The van der Waals surface area contributed by atoms with Crippen LogP contribution in [0, 0.1) is 6.92 Å². The van der Waals surface area contributed by atoms with Crippen LogP contribution in [-0.4, -0.2) is 43.2 Å². The molecule has 0 bridgehead atoms. The monoisotopic (exact) mass is 311 g/mol. The van der Waals surface area contributed by atoms with Gasteiger partial charge in [-0.05, 0) is 49.2 Å². The Bertz CT molecular complexity index is 619. The summed E-state index contributed by atoms with van der Waals surface area (Å²) in [5, 5.41) is 3.49. The first-order valence-electron chi connectivity index (χ1n) is 8.30. The first-order chi connectivity index (χ1) is 11.3. The van der Waals surface area contributed by atoms with Gasteiger partial charge in [0.25, 0.3) is 0 Å². The van der Waals surface area contributed by atoms with E-state index in [1.807, 2.05) is 24.4 Å². The zero-order valence-electron chi connectivity index (χ0n) is 14.0. The van der Waals surface area contributed by atoms with Crippen molar-refractivity contribution in [3.8, 4) is 5.75 Å². The fourth-order valence-electron chi connectivity index (χ4n) is 3.24. The van der Waals surface area contributed by atoms with Gasteiger partial charge in [-0.15, -0.1) is 0 Å². The third kappa shape index (κ3) is 3.71. The predicted octanol–water partition coefficient (Wildman–Crippen LogP) is 2.78. The van der Waals surface area contributed by atoms with Gasteiger partial charge < -0.3 is 10.1 Å². The number of rotatable bonds is 4. The van der Waals surface area contributed by atoms with Crippen LogP contribution in [0.1, 0.15) is 29.3 Å². The molecule has 1 aromatic heterocycles. The predicted molar refractivity (Wildman–Crippen MR) is 92.9 cm³/mol. The van der Waals surface area contributed by atoms with Gasteiger partial charge in [0.1, 0.15) is 5.75 Å². The van der Waals surface area contributed by atoms with Gasteiger partial charge in [0, 0.05) is 25.8 Å². The molecule has 122 valence electrons. The molecule has 0 radical (unpaired) electrons. The van der Waals surface area contributed by atoms with Crippen molar-refractivity contribution in [2.24, 2.45) is 0 Å². The number of aryl methyl sites for hydroxylation is 1. The number of nitrogens with zero attached hydrogens (tertiary/aromatic N) is 2. The number of hydrogen-bond acceptors (Lipinski definition) is 4. The molecule has 1 N–H and O–H groups in total. The lowest BCUT2D eigenvalue weighted by molar-refractivity contribution is 0.236. The fourth-order valence-corrected chi connectivity index (χ4v) is 3.24. The van der Waals surface area contributed by atoms with E-state index in [1.165, 1.54) is 17.5 Å². The Morgan fingerprint density at radius 3 is 2.70 bits per heavy atom. The van der Waals surface area contributed by atoms with Crippen LogP contribution >= 0.6 is 0 Å². The van der Waals surface area contributed by atoms with Crippen LogP contribution in [0.5, 0.6) is 5.75 Å². The standard InChI is InChI=1S/C19H25N3O/c1-15-5-3-11-21-18(15)19(22-13-4-10-20-12-14-22)16-6-8-17(23-2)9-7-16/h3,5-9,11,19-20H,4,10,12-14H2,1-2H3. The van der Waals surface area contributed by atoms with Crippen LogP contribution in [0.25, 0.3) is 0 Å². The summed E-state index contributed by atoms with van der Waals surface area (Å²) in [6.07, 6.45) is 3.06. The van der Waals surface area contributed by atoms with Gasteiger partial charge in [-0.1, -0.05) is 18.2 Å². The maximum Gasteiger partial charge on any atom is 0.118 e. The Kier molecular flexibility index (Phi) is 5.26. The molecule has 23 heavy (non-hydrogen) atoms. The number of pyridine rings is 1. The van der Waals surface area contributed by atoms with E-state index >= 15 is 0 Å². The van der Waals surface area contributed by atoms with Gasteiger partial charge in [-0.25, -0.2) is 0 Å². The van der Waals surface area contributed by atoms with Crippen LogP contribution in [0.15, 0.2) is 42.6 Å². The van der Waals surface area contributed by atoms with E-state index in [9.17, 15) is 0 Å². The quantitative estimate of drug-likeness (QED) is 0.942. The van der Waals surface area contributed by atoms with Crippen LogP contribution in [-0.2, 0) is 0 Å².